The van der Waals surface area contributed by atoms with Crippen LogP contribution in [0.1, 0.15) is 36.0 Å². The number of Topliss-reactive ketones (excluding diaryl/α,β-unsaturated/α-hetero) is 1. The van der Waals surface area contributed by atoms with E-state index in [0.717, 1.165) is 0 Å². The third-order valence-corrected chi connectivity index (χ3v) is 2.74. The van der Waals surface area contributed by atoms with E-state index in [0.29, 0.717) is 31.2 Å². The quantitative estimate of drug-likeness (QED) is 0.433. The lowest BCUT2D eigenvalue weighted by Crippen LogP contribution is -2.03. The van der Waals surface area contributed by atoms with E-state index in [4.69, 9.17) is 4.74 Å². The number of carbonyl (C=O) groups is 2. The van der Waals surface area contributed by atoms with Crippen LogP contribution in [0.3, 0.4) is 0 Å². The topological polar surface area (TPSA) is 52.6 Å². The van der Waals surface area contributed by atoms with Gasteiger partial charge in [0.2, 0.25) is 0 Å². The van der Waals surface area contributed by atoms with Crippen molar-refractivity contribution in [1.29, 1.82) is 0 Å². The molecule has 19 heavy (non-hydrogen) atoms. The first-order chi connectivity index (χ1) is 9.08. The fraction of sp³-hybridized carbons (Fsp3) is 0.429. The normalized spacial score (nSPS) is 10.1. The van der Waals surface area contributed by atoms with Crippen molar-refractivity contribution in [2.45, 2.75) is 25.7 Å². The van der Waals surface area contributed by atoms with E-state index < -0.39 is 5.82 Å². The number of benzene rings is 1. The number of rotatable bonds is 7. The van der Waals surface area contributed by atoms with Gasteiger partial charge in [-0.3, -0.25) is 9.59 Å². The number of ether oxygens (including phenoxy) is 2. The van der Waals surface area contributed by atoms with Crippen LogP contribution in [0.5, 0.6) is 5.75 Å². The summed E-state index contributed by atoms with van der Waals surface area (Å²) < 4.78 is 22.5. The second-order valence-corrected chi connectivity index (χ2v) is 4.06. The van der Waals surface area contributed by atoms with Crippen molar-refractivity contribution in [2.24, 2.45) is 0 Å². The molecular formula is C14H17FO4. The molecule has 0 spiro atoms. The first-order valence-electron chi connectivity index (χ1n) is 6.02. The molecule has 0 N–H and O–H groups in total. The lowest BCUT2D eigenvalue weighted by molar-refractivity contribution is -0.140. The van der Waals surface area contributed by atoms with Crippen LogP contribution in [-0.2, 0) is 9.53 Å². The molecule has 0 bridgehead atoms. The molecule has 1 rings (SSSR count). The van der Waals surface area contributed by atoms with Gasteiger partial charge in [-0.1, -0.05) is 0 Å². The molecule has 0 saturated heterocycles. The Labute approximate surface area is 111 Å². The summed E-state index contributed by atoms with van der Waals surface area (Å²) in [5.41, 5.74) is 0.413. The van der Waals surface area contributed by atoms with Gasteiger partial charge in [0.05, 0.1) is 14.2 Å². The molecule has 1 aromatic rings. The number of hydrogen-bond donors (Lipinski definition) is 0. The molecule has 0 aliphatic rings. The van der Waals surface area contributed by atoms with Gasteiger partial charge in [0.1, 0.15) is 0 Å². The number of methoxy groups -OCH3 is 2. The van der Waals surface area contributed by atoms with E-state index in [-0.39, 0.29) is 17.5 Å². The lowest BCUT2D eigenvalue weighted by atomic mass is 10.0. The molecular weight excluding hydrogens is 251 g/mol. The summed E-state index contributed by atoms with van der Waals surface area (Å²) in [5.74, 6) is -0.816. The zero-order chi connectivity index (χ0) is 14.3. The summed E-state index contributed by atoms with van der Waals surface area (Å²) in [7, 11) is 2.68. The minimum Gasteiger partial charge on any atom is -0.494 e. The fourth-order valence-electron chi connectivity index (χ4n) is 1.63. The van der Waals surface area contributed by atoms with Gasteiger partial charge >= 0.3 is 5.97 Å². The largest absolute Gasteiger partial charge is 0.494 e. The van der Waals surface area contributed by atoms with Crippen LogP contribution in [0.2, 0.25) is 0 Å². The number of halogens is 1. The van der Waals surface area contributed by atoms with Crippen molar-refractivity contribution in [3.63, 3.8) is 0 Å². The fourth-order valence-corrected chi connectivity index (χ4v) is 1.63. The lowest BCUT2D eigenvalue weighted by Gasteiger charge is -2.05. The highest BCUT2D eigenvalue weighted by Crippen LogP contribution is 2.19. The maximum atomic E-state index is 13.2. The van der Waals surface area contributed by atoms with Gasteiger partial charge in [-0.15, -0.1) is 0 Å². The Morgan fingerprint density at radius 2 is 1.84 bits per heavy atom. The predicted molar refractivity (Wildman–Crippen MR) is 67.8 cm³/mol. The van der Waals surface area contributed by atoms with Crippen molar-refractivity contribution in [1.82, 2.24) is 0 Å². The highest BCUT2D eigenvalue weighted by molar-refractivity contribution is 5.96. The zero-order valence-electron chi connectivity index (χ0n) is 11.1. The van der Waals surface area contributed by atoms with Crippen molar-refractivity contribution >= 4 is 11.8 Å². The second kappa shape index (κ2) is 7.51. The average Bonchev–Trinajstić information content (AvgIpc) is 2.43. The SMILES string of the molecule is COC(=O)CCCCC(=O)c1ccc(F)c(OC)c1. The predicted octanol–water partition coefficient (Wildman–Crippen LogP) is 2.75. The van der Waals surface area contributed by atoms with Crippen molar-refractivity contribution < 1.29 is 23.5 Å². The first-order valence-corrected chi connectivity index (χ1v) is 6.02. The zero-order valence-corrected chi connectivity index (χ0v) is 11.1. The molecule has 0 aromatic heterocycles. The maximum absolute atomic E-state index is 13.2. The average molecular weight is 268 g/mol. The van der Waals surface area contributed by atoms with Crippen LogP contribution in [0.4, 0.5) is 4.39 Å². The number of hydrogen-bond acceptors (Lipinski definition) is 4. The van der Waals surface area contributed by atoms with E-state index in [2.05, 4.69) is 4.74 Å². The van der Waals surface area contributed by atoms with Gasteiger partial charge in [0.25, 0.3) is 0 Å². The van der Waals surface area contributed by atoms with Gasteiger partial charge in [-0.25, -0.2) is 4.39 Å². The van der Waals surface area contributed by atoms with Crippen LogP contribution in [0.15, 0.2) is 18.2 Å². The summed E-state index contributed by atoms with van der Waals surface area (Å²) >= 11 is 0. The molecule has 1 aromatic carbocycles. The molecule has 0 amide bonds. The number of carbonyl (C=O) groups excluding carboxylic acids is 2. The first kappa shape index (κ1) is 15.1. The molecule has 4 nitrogen and oxygen atoms in total. The smallest absolute Gasteiger partial charge is 0.305 e. The number of esters is 1. The van der Waals surface area contributed by atoms with Crippen molar-refractivity contribution in [3.8, 4) is 5.75 Å². The summed E-state index contributed by atoms with van der Waals surface area (Å²) in [6, 6.07) is 4.03. The van der Waals surface area contributed by atoms with Crippen LogP contribution in [0, 0.1) is 5.82 Å². The van der Waals surface area contributed by atoms with E-state index in [1.54, 1.807) is 0 Å². The molecule has 5 heteroatoms. The Morgan fingerprint density at radius 3 is 2.47 bits per heavy atom. The van der Waals surface area contributed by atoms with Gasteiger partial charge in [0.15, 0.2) is 17.3 Å². The van der Waals surface area contributed by atoms with Gasteiger partial charge in [-0.2, -0.15) is 0 Å². The summed E-state index contributed by atoms with van der Waals surface area (Å²) in [4.78, 5) is 22.7. The Kier molecular flexibility index (Phi) is 5.99. The molecule has 0 unspecified atom stereocenters. The van der Waals surface area contributed by atoms with Gasteiger partial charge in [-0.05, 0) is 31.0 Å². The molecule has 0 fully saturated rings. The van der Waals surface area contributed by atoms with Crippen LogP contribution < -0.4 is 4.74 Å². The molecule has 0 atom stereocenters. The summed E-state index contributed by atoms with van der Waals surface area (Å²) in [5, 5.41) is 0. The maximum Gasteiger partial charge on any atom is 0.305 e. The standard InChI is InChI=1S/C14H17FO4/c1-18-13-9-10(7-8-11(13)15)12(16)5-3-4-6-14(17)19-2/h7-9H,3-6H2,1-2H3. The number of ketones is 1. The van der Waals surface area contributed by atoms with Crippen molar-refractivity contribution in [2.75, 3.05) is 14.2 Å². The Morgan fingerprint density at radius 1 is 1.16 bits per heavy atom. The molecule has 0 radical (unpaired) electrons. The minimum absolute atomic E-state index is 0.0559. The van der Waals surface area contributed by atoms with E-state index in [1.165, 1.54) is 32.4 Å². The Balaban J connectivity index is 2.47. The van der Waals surface area contributed by atoms with Crippen molar-refractivity contribution in [3.05, 3.63) is 29.6 Å². The summed E-state index contributed by atoms with van der Waals surface area (Å²) in [6.45, 7) is 0. The molecule has 0 saturated carbocycles. The Bertz CT molecular complexity index is 457. The second-order valence-electron chi connectivity index (χ2n) is 4.06. The number of unbranched alkanes of at least 4 members (excludes halogenated alkanes) is 1. The molecule has 104 valence electrons. The third kappa shape index (κ3) is 4.69. The van der Waals surface area contributed by atoms with E-state index in [9.17, 15) is 14.0 Å². The molecule has 0 aliphatic heterocycles. The highest BCUT2D eigenvalue weighted by atomic mass is 19.1. The third-order valence-electron chi connectivity index (χ3n) is 2.74. The van der Waals surface area contributed by atoms with Crippen LogP contribution in [0.25, 0.3) is 0 Å². The van der Waals surface area contributed by atoms with Crippen LogP contribution >= 0.6 is 0 Å². The minimum atomic E-state index is -0.496. The van der Waals surface area contributed by atoms with Gasteiger partial charge in [0, 0.05) is 18.4 Å². The highest BCUT2D eigenvalue weighted by Gasteiger charge is 2.10. The Hall–Kier alpha value is -1.91. The molecule has 0 heterocycles. The van der Waals surface area contributed by atoms with Gasteiger partial charge < -0.3 is 9.47 Å². The van der Waals surface area contributed by atoms with E-state index >= 15 is 0 Å². The molecule has 0 aliphatic carbocycles. The summed E-state index contributed by atoms with van der Waals surface area (Å²) in [6.07, 6.45) is 1.80. The van der Waals surface area contributed by atoms with Crippen LogP contribution in [-0.4, -0.2) is 26.0 Å². The van der Waals surface area contributed by atoms with E-state index in [1.807, 2.05) is 0 Å². The monoisotopic (exact) mass is 268 g/mol.